The van der Waals surface area contributed by atoms with Gasteiger partial charge in [-0.2, -0.15) is 0 Å². The number of hydrogen-bond acceptors (Lipinski definition) is 2. The van der Waals surface area contributed by atoms with Gasteiger partial charge in [0.1, 0.15) is 5.75 Å². The van der Waals surface area contributed by atoms with E-state index in [2.05, 4.69) is 51.1 Å². The van der Waals surface area contributed by atoms with Gasteiger partial charge in [0, 0.05) is 9.37 Å². The zero-order chi connectivity index (χ0) is 8.43. The fraction of sp³-hybridized carbons (Fsp3) is 0.143. The highest BCUT2D eigenvalue weighted by Gasteiger charge is 2.03. The topological polar surface area (TPSA) is 9.23 Å². The average Bonchev–Trinajstić information content (AvgIpc) is 1.97. The van der Waals surface area contributed by atoms with Crippen molar-refractivity contribution >= 4 is 51.1 Å². The smallest absolute Gasteiger partial charge is 0.133 e. The first kappa shape index (κ1) is 9.67. The van der Waals surface area contributed by atoms with Crippen LogP contribution < -0.4 is 4.74 Å². The number of hydrogen-bond donors (Lipinski definition) is 1. The monoisotopic (exact) mass is 344 g/mol. The highest BCUT2D eigenvalue weighted by molar-refractivity contribution is 14.1. The standard InChI is InChI=1S/C7H6BrIOS/c1-10-6-3-7(11)4(8)2-5(6)9/h2-3,11H,1H3. The van der Waals surface area contributed by atoms with E-state index in [0.29, 0.717) is 0 Å². The van der Waals surface area contributed by atoms with Crippen molar-refractivity contribution in [1.82, 2.24) is 0 Å². The van der Waals surface area contributed by atoms with Gasteiger partial charge in [-0.25, -0.2) is 0 Å². The lowest BCUT2D eigenvalue weighted by molar-refractivity contribution is 0.410. The molecule has 1 aromatic rings. The first-order valence-electron chi connectivity index (χ1n) is 2.87. The maximum Gasteiger partial charge on any atom is 0.133 e. The molecule has 0 fully saturated rings. The molecule has 60 valence electrons. The zero-order valence-electron chi connectivity index (χ0n) is 5.77. The van der Waals surface area contributed by atoms with Crippen LogP contribution in [0.5, 0.6) is 5.75 Å². The Morgan fingerprint density at radius 3 is 2.73 bits per heavy atom. The number of ether oxygens (including phenoxy) is 1. The molecule has 11 heavy (non-hydrogen) atoms. The molecule has 0 unspecified atom stereocenters. The highest BCUT2D eigenvalue weighted by atomic mass is 127. The summed E-state index contributed by atoms with van der Waals surface area (Å²) >= 11 is 9.82. The van der Waals surface area contributed by atoms with Gasteiger partial charge >= 0.3 is 0 Å². The zero-order valence-corrected chi connectivity index (χ0v) is 10.4. The largest absolute Gasteiger partial charge is 0.496 e. The Hall–Kier alpha value is 0.580. The van der Waals surface area contributed by atoms with Gasteiger partial charge in [0.2, 0.25) is 0 Å². The lowest BCUT2D eigenvalue weighted by atomic mass is 10.3. The van der Waals surface area contributed by atoms with Gasteiger partial charge in [-0.05, 0) is 50.7 Å². The third-order valence-electron chi connectivity index (χ3n) is 1.22. The molecule has 0 bridgehead atoms. The van der Waals surface area contributed by atoms with Gasteiger partial charge in [-0.15, -0.1) is 12.6 Å². The Bertz CT molecular complexity index is 277. The van der Waals surface area contributed by atoms with Gasteiger partial charge in [0.25, 0.3) is 0 Å². The van der Waals surface area contributed by atoms with Crippen LogP contribution in [0.25, 0.3) is 0 Å². The number of benzene rings is 1. The molecule has 0 saturated heterocycles. The number of halogens is 2. The molecule has 0 atom stereocenters. The van der Waals surface area contributed by atoms with Crippen molar-refractivity contribution < 1.29 is 4.74 Å². The minimum absolute atomic E-state index is 0.860. The van der Waals surface area contributed by atoms with E-state index in [-0.39, 0.29) is 0 Å². The van der Waals surface area contributed by atoms with Crippen LogP contribution in [0.4, 0.5) is 0 Å². The molecule has 0 N–H and O–H groups in total. The minimum Gasteiger partial charge on any atom is -0.496 e. The maximum absolute atomic E-state index is 5.10. The van der Waals surface area contributed by atoms with Crippen molar-refractivity contribution in [1.29, 1.82) is 0 Å². The van der Waals surface area contributed by atoms with Crippen LogP contribution in [0.1, 0.15) is 0 Å². The van der Waals surface area contributed by atoms with Gasteiger partial charge < -0.3 is 4.74 Å². The summed E-state index contributed by atoms with van der Waals surface area (Å²) in [4.78, 5) is 0.891. The van der Waals surface area contributed by atoms with Gasteiger partial charge in [0.15, 0.2) is 0 Å². The molecule has 0 radical (unpaired) electrons. The second kappa shape index (κ2) is 4.00. The number of methoxy groups -OCH3 is 1. The van der Waals surface area contributed by atoms with E-state index in [1.54, 1.807) is 7.11 Å². The minimum atomic E-state index is 0.860. The molecular weight excluding hydrogens is 339 g/mol. The first-order valence-corrected chi connectivity index (χ1v) is 5.19. The third-order valence-corrected chi connectivity index (χ3v) is 3.40. The lowest BCUT2D eigenvalue weighted by Crippen LogP contribution is -1.86. The Kier molecular flexibility index (Phi) is 3.52. The van der Waals surface area contributed by atoms with E-state index < -0.39 is 0 Å². The Morgan fingerprint density at radius 2 is 2.18 bits per heavy atom. The van der Waals surface area contributed by atoms with Crippen molar-refractivity contribution in [2.75, 3.05) is 7.11 Å². The van der Waals surface area contributed by atoms with Crippen LogP contribution in [-0.4, -0.2) is 7.11 Å². The van der Waals surface area contributed by atoms with E-state index in [1.165, 1.54) is 0 Å². The number of rotatable bonds is 1. The van der Waals surface area contributed by atoms with Crippen LogP contribution in [0.15, 0.2) is 21.5 Å². The predicted molar refractivity (Wildman–Crippen MR) is 60.7 cm³/mol. The summed E-state index contributed by atoms with van der Waals surface area (Å²) < 4.78 is 7.17. The summed E-state index contributed by atoms with van der Waals surface area (Å²) in [7, 11) is 1.65. The van der Waals surface area contributed by atoms with Crippen LogP contribution in [0, 0.1) is 3.57 Å². The van der Waals surface area contributed by atoms with Crippen molar-refractivity contribution in [2.45, 2.75) is 4.90 Å². The molecule has 0 aliphatic heterocycles. The van der Waals surface area contributed by atoms with Crippen LogP contribution >= 0.6 is 51.1 Å². The normalized spacial score (nSPS) is 9.82. The van der Waals surface area contributed by atoms with Crippen LogP contribution in [0.3, 0.4) is 0 Å². The van der Waals surface area contributed by atoms with Crippen molar-refractivity contribution in [3.05, 3.63) is 20.2 Å². The van der Waals surface area contributed by atoms with Gasteiger partial charge in [-0.3, -0.25) is 0 Å². The molecule has 0 spiro atoms. The Balaban J connectivity index is 3.21. The fourth-order valence-electron chi connectivity index (χ4n) is 0.675. The second-order valence-corrected chi connectivity index (χ2v) is 4.44. The first-order chi connectivity index (χ1) is 5.15. The molecular formula is C7H6BrIOS. The van der Waals surface area contributed by atoms with Gasteiger partial charge in [-0.1, -0.05) is 0 Å². The summed E-state index contributed by atoms with van der Waals surface area (Å²) in [5.41, 5.74) is 0. The molecule has 1 rings (SSSR count). The second-order valence-electron chi connectivity index (χ2n) is 1.94. The fourth-order valence-corrected chi connectivity index (χ4v) is 2.32. The quantitative estimate of drug-likeness (QED) is 0.607. The Labute approximate surface area is 93.2 Å². The van der Waals surface area contributed by atoms with Gasteiger partial charge in [0.05, 0.1) is 10.7 Å². The maximum atomic E-state index is 5.10. The molecule has 1 aromatic carbocycles. The van der Waals surface area contributed by atoms with E-state index >= 15 is 0 Å². The van der Waals surface area contributed by atoms with E-state index in [1.807, 2.05) is 12.1 Å². The summed E-state index contributed by atoms with van der Waals surface area (Å²) in [5, 5.41) is 0. The molecule has 4 heteroatoms. The van der Waals surface area contributed by atoms with Crippen molar-refractivity contribution in [3.8, 4) is 5.75 Å². The summed E-state index contributed by atoms with van der Waals surface area (Å²) in [6.07, 6.45) is 0. The van der Waals surface area contributed by atoms with E-state index in [9.17, 15) is 0 Å². The Morgan fingerprint density at radius 1 is 1.55 bits per heavy atom. The molecule has 0 amide bonds. The number of thiol groups is 1. The van der Waals surface area contributed by atoms with E-state index in [0.717, 1.165) is 18.7 Å². The summed E-state index contributed by atoms with van der Waals surface area (Å²) in [6, 6.07) is 3.86. The summed E-state index contributed by atoms with van der Waals surface area (Å²) in [6.45, 7) is 0. The molecule has 1 nitrogen and oxygen atoms in total. The molecule has 0 heterocycles. The van der Waals surface area contributed by atoms with Crippen molar-refractivity contribution in [3.63, 3.8) is 0 Å². The highest BCUT2D eigenvalue weighted by Crippen LogP contribution is 2.30. The lowest BCUT2D eigenvalue weighted by Gasteiger charge is -2.04. The van der Waals surface area contributed by atoms with Crippen LogP contribution in [0.2, 0.25) is 0 Å². The molecule has 0 saturated carbocycles. The molecule has 0 aliphatic carbocycles. The van der Waals surface area contributed by atoms with E-state index in [4.69, 9.17) is 4.74 Å². The average molecular weight is 345 g/mol. The van der Waals surface area contributed by atoms with Crippen molar-refractivity contribution in [2.24, 2.45) is 0 Å². The predicted octanol–water partition coefficient (Wildman–Crippen LogP) is 3.35. The third kappa shape index (κ3) is 2.26. The van der Waals surface area contributed by atoms with Crippen LogP contribution in [-0.2, 0) is 0 Å². The molecule has 0 aromatic heterocycles. The molecule has 0 aliphatic rings. The summed E-state index contributed by atoms with van der Waals surface area (Å²) in [5.74, 6) is 0.860. The SMILES string of the molecule is COc1cc(S)c(Br)cc1I.